The number of hydrogen-bond acceptors (Lipinski definition) is 4. The minimum Gasteiger partial charge on any atom is -0.388 e. The summed E-state index contributed by atoms with van der Waals surface area (Å²) in [6.45, 7) is 5.24. The standard InChI is InChI=1S/C16H28F2N2O3/c1-3-11(4-2)15(22)19-12-10-23-13(14(12)21)9-20-7-5-16(17,18)6-8-20/h11-14,21H,3-10H2,1-2H3,(H,19,22). The Morgan fingerprint density at radius 2 is 1.96 bits per heavy atom. The molecule has 0 spiro atoms. The summed E-state index contributed by atoms with van der Waals surface area (Å²) in [7, 11) is 0. The normalized spacial score (nSPS) is 31.5. The lowest BCUT2D eigenvalue weighted by molar-refractivity contribution is -0.126. The van der Waals surface area contributed by atoms with E-state index in [1.54, 1.807) is 0 Å². The monoisotopic (exact) mass is 334 g/mol. The fraction of sp³-hybridized carbons (Fsp3) is 0.938. The number of carbonyl (C=O) groups excluding carboxylic acids is 1. The molecule has 2 heterocycles. The molecule has 0 saturated carbocycles. The van der Waals surface area contributed by atoms with Crippen molar-refractivity contribution in [3.8, 4) is 0 Å². The largest absolute Gasteiger partial charge is 0.388 e. The summed E-state index contributed by atoms with van der Waals surface area (Å²) in [6.07, 6.45) is -0.00561. The maximum Gasteiger partial charge on any atom is 0.250 e. The number of ether oxygens (including phenoxy) is 1. The van der Waals surface area contributed by atoms with E-state index >= 15 is 0 Å². The molecule has 3 atom stereocenters. The Balaban J connectivity index is 1.80. The van der Waals surface area contributed by atoms with Gasteiger partial charge in [0.05, 0.1) is 18.8 Å². The van der Waals surface area contributed by atoms with Gasteiger partial charge in [0.25, 0.3) is 5.92 Å². The summed E-state index contributed by atoms with van der Waals surface area (Å²) in [5, 5.41) is 13.2. The van der Waals surface area contributed by atoms with Crippen LogP contribution in [0.5, 0.6) is 0 Å². The van der Waals surface area contributed by atoms with Crippen molar-refractivity contribution in [3.63, 3.8) is 0 Å². The third-order valence-electron chi connectivity index (χ3n) is 4.99. The van der Waals surface area contributed by atoms with Crippen molar-refractivity contribution in [2.75, 3.05) is 26.2 Å². The van der Waals surface area contributed by atoms with Crippen LogP contribution in [0.25, 0.3) is 0 Å². The number of nitrogens with zero attached hydrogens (tertiary/aromatic N) is 1. The Hall–Kier alpha value is -0.790. The molecule has 2 aliphatic heterocycles. The number of rotatable bonds is 6. The van der Waals surface area contributed by atoms with Gasteiger partial charge < -0.3 is 20.1 Å². The predicted octanol–water partition coefficient (Wildman–Crippen LogP) is 1.40. The Morgan fingerprint density at radius 1 is 1.35 bits per heavy atom. The van der Waals surface area contributed by atoms with Crippen LogP contribution in [0.2, 0.25) is 0 Å². The van der Waals surface area contributed by atoms with Crippen LogP contribution in [0.1, 0.15) is 39.5 Å². The molecule has 3 unspecified atom stereocenters. The minimum absolute atomic E-state index is 0.0504. The zero-order valence-corrected chi connectivity index (χ0v) is 13.9. The van der Waals surface area contributed by atoms with Crippen molar-refractivity contribution < 1.29 is 23.4 Å². The molecular weight excluding hydrogens is 306 g/mol. The first-order chi connectivity index (χ1) is 10.9. The van der Waals surface area contributed by atoms with Crippen LogP contribution in [0, 0.1) is 5.92 Å². The average molecular weight is 334 g/mol. The highest BCUT2D eigenvalue weighted by Gasteiger charge is 2.40. The smallest absolute Gasteiger partial charge is 0.250 e. The highest BCUT2D eigenvalue weighted by molar-refractivity contribution is 5.78. The molecule has 23 heavy (non-hydrogen) atoms. The summed E-state index contributed by atoms with van der Waals surface area (Å²) < 4.78 is 31.9. The molecule has 2 fully saturated rings. The first-order valence-electron chi connectivity index (χ1n) is 8.56. The van der Waals surface area contributed by atoms with E-state index in [-0.39, 0.29) is 31.3 Å². The van der Waals surface area contributed by atoms with E-state index in [4.69, 9.17) is 4.74 Å². The lowest BCUT2D eigenvalue weighted by atomic mass is 10.0. The highest BCUT2D eigenvalue weighted by Crippen LogP contribution is 2.28. The topological polar surface area (TPSA) is 61.8 Å². The lowest BCUT2D eigenvalue weighted by Crippen LogP contribution is -2.49. The molecular formula is C16H28F2N2O3. The summed E-state index contributed by atoms with van der Waals surface area (Å²) in [5.41, 5.74) is 0. The van der Waals surface area contributed by atoms with E-state index in [1.807, 2.05) is 18.7 Å². The second-order valence-corrected chi connectivity index (χ2v) is 6.65. The van der Waals surface area contributed by atoms with Crippen molar-refractivity contribution in [3.05, 3.63) is 0 Å². The molecule has 2 rings (SSSR count). The molecule has 0 aromatic heterocycles. The molecule has 0 aromatic rings. The third kappa shape index (κ3) is 4.84. The van der Waals surface area contributed by atoms with Crippen molar-refractivity contribution in [1.82, 2.24) is 10.2 Å². The molecule has 134 valence electrons. The quantitative estimate of drug-likeness (QED) is 0.771. The van der Waals surface area contributed by atoms with Gasteiger partial charge in [0, 0.05) is 38.4 Å². The fourth-order valence-corrected chi connectivity index (χ4v) is 3.25. The van der Waals surface area contributed by atoms with E-state index in [2.05, 4.69) is 5.32 Å². The van der Waals surface area contributed by atoms with Crippen LogP contribution in [0.15, 0.2) is 0 Å². The number of likely N-dealkylation sites (tertiary alicyclic amines) is 1. The number of nitrogens with one attached hydrogen (secondary N) is 1. The molecule has 0 aliphatic carbocycles. The Bertz CT molecular complexity index is 395. The molecule has 2 saturated heterocycles. The lowest BCUT2D eigenvalue weighted by Gasteiger charge is -2.33. The van der Waals surface area contributed by atoms with E-state index in [1.165, 1.54) is 0 Å². The van der Waals surface area contributed by atoms with Crippen molar-refractivity contribution >= 4 is 5.91 Å². The molecule has 2 N–H and O–H groups in total. The molecule has 0 radical (unpaired) electrons. The van der Waals surface area contributed by atoms with E-state index in [9.17, 15) is 18.7 Å². The van der Waals surface area contributed by atoms with Crippen LogP contribution < -0.4 is 5.32 Å². The number of amides is 1. The maximum absolute atomic E-state index is 13.2. The molecule has 5 nitrogen and oxygen atoms in total. The molecule has 7 heteroatoms. The van der Waals surface area contributed by atoms with Crippen molar-refractivity contribution in [2.45, 2.75) is 63.7 Å². The zero-order chi connectivity index (χ0) is 17.0. The first-order valence-corrected chi connectivity index (χ1v) is 8.56. The molecule has 0 bridgehead atoms. The Labute approximate surface area is 136 Å². The molecule has 0 aromatic carbocycles. The van der Waals surface area contributed by atoms with E-state index < -0.39 is 24.2 Å². The van der Waals surface area contributed by atoms with Gasteiger partial charge in [-0.15, -0.1) is 0 Å². The first kappa shape index (κ1) is 18.5. The molecule has 2 aliphatic rings. The Kier molecular flexibility index (Phi) is 6.33. The summed E-state index contributed by atoms with van der Waals surface area (Å²) in [4.78, 5) is 14.0. The second kappa shape index (κ2) is 7.85. The van der Waals surface area contributed by atoms with Gasteiger partial charge in [0.2, 0.25) is 5.91 Å². The van der Waals surface area contributed by atoms with E-state index in [0.29, 0.717) is 19.6 Å². The predicted molar refractivity (Wildman–Crippen MR) is 82.4 cm³/mol. The number of piperidine rings is 1. The third-order valence-corrected chi connectivity index (χ3v) is 4.99. The summed E-state index contributed by atoms with van der Waals surface area (Å²) in [5.74, 6) is -2.68. The van der Waals surface area contributed by atoms with Crippen LogP contribution in [0.4, 0.5) is 8.78 Å². The van der Waals surface area contributed by atoms with Gasteiger partial charge in [-0.1, -0.05) is 13.8 Å². The number of aliphatic hydroxyl groups excluding tert-OH is 1. The minimum atomic E-state index is -2.57. The highest BCUT2D eigenvalue weighted by atomic mass is 19.3. The van der Waals surface area contributed by atoms with Gasteiger partial charge in [0.15, 0.2) is 0 Å². The Morgan fingerprint density at radius 3 is 2.52 bits per heavy atom. The maximum atomic E-state index is 13.2. The van der Waals surface area contributed by atoms with Gasteiger partial charge in [-0.25, -0.2) is 8.78 Å². The zero-order valence-electron chi connectivity index (χ0n) is 13.9. The van der Waals surface area contributed by atoms with Gasteiger partial charge in [-0.3, -0.25) is 4.79 Å². The van der Waals surface area contributed by atoms with Gasteiger partial charge in [0.1, 0.15) is 6.10 Å². The summed E-state index contributed by atoms with van der Waals surface area (Å²) >= 11 is 0. The summed E-state index contributed by atoms with van der Waals surface area (Å²) in [6, 6.07) is -0.417. The second-order valence-electron chi connectivity index (χ2n) is 6.65. The number of alkyl halides is 2. The van der Waals surface area contributed by atoms with Crippen LogP contribution >= 0.6 is 0 Å². The van der Waals surface area contributed by atoms with Crippen LogP contribution in [0.3, 0.4) is 0 Å². The van der Waals surface area contributed by atoms with Crippen molar-refractivity contribution in [2.24, 2.45) is 5.92 Å². The van der Waals surface area contributed by atoms with E-state index in [0.717, 1.165) is 12.8 Å². The van der Waals surface area contributed by atoms with Gasteiger partial charge >= 0.3 is 0 Å². The van der Waals surface area contributed by atoms with Gasteiger partial charge in [-0.2, -0.15) is 0 Å². The number of hydrogen-bond donors (Lipinski definition) is 2. The fourth-order valence-electron chi connectivity index (χ4n) is 3.25. The number of halogens is 2. The number of aliphatic hydroxyl groups is 1. The van der Waals surface area contributed by atoms with Crippen molar-refractivity contribution in [1.29, 1.82) is 0 Å². The molecule has 1 amide bonds. The average Bonchev–Trinajstić information content (AvgIpc) is 2.84. The number of carbonyl (C=O) groups is 1. The van der Waals surface area contributed by atoms with Crippen LogP contribution in [-0.4, -0.2) is 66.3 Å². The van der Waals surface area contributed by atoms with Gasteiger partial charge in [-0.05, 0) is 12.8 Å². The SMILES string of the molecule is CCC(CC)C(=O)NC1COC(CN2CCC(F)(F)CC2)C1O. The van der Waals surface area contributed by atoms with Crippen LogP contribution in [-0.2, 0) is 9.53 Å².